The zero-order valence-electron chi connectivity index (χ0n) is 12.5. The van der Waals surface area contributed by atoms with Crippen LogP contribution in [0.3, 0.4) is 0 Å². The number of rotatable bonds is 5. The third-order valence-electron chi connectivity index (χ3n) is 5.00. The van der Waals surface area contributed by atoms with Crippen molar-refractivity contribution in [3.63, 3.8) is 0 Å². The normalized spacial score (nSPS) is 31.0. The van der Waals surface area contributed by atoms with E-state index in [1.807, 2.05) is 0 Å². The summed E-state index contributed by atoms with van der Waals surface area (Å²) in [4.78, 5) is 5.36. The number of likely N-dealkylation sites (tertiary alicyclic amines) is 1. The highest BCUT2D eigenvalue weighted by atomic mass is 15.3. The first-order chi connectivity index (χ1) is 8.63. The van der Waals surface area contributed by atoms with Gasteiger partial charge in [-0.25, -0.2) is 0 Å². The highest BCUT2D eigenvalue weighted by Gasteiger charge is 2.43. The summed E-state index contributed by atoms with van der Waals surface area (Å²) >= 11 is 0. The highest BCUT2D eigenvalue weighted by molar-refractivity contribution is 5.00. The Kier molecular flexibility index (Phi) is 4.68. The lowest BCUT2D eigenvalue weighted by molar-refractivity contribution is 0.0738. The quantitative estimate of drug-likeness (QED) is 0.814. The van der Waals surface area contributed by atoms with E-state index >= 15 is 0 Å². The third-order valence-corrected chi connectivity index (χ3v) is 5.00. The van der Waals surface area contributed by atoms with Crippen LogP contribution in [-0.2, 0) is 0 Å². The van der Waals surface area contributed by atoms with Gasteiger partial charge in [-0.15, -0.1) is 0 Å². The van der Waals surface area contributed by atoms with Crippen LogP contribution in [-0.4, -0.2) is 53.6 Å². The number of hydrogen-bond acceptors (Lipinski definition) is 3. The van der Waals surface area contributed by atoms with Crippen LogP contribution in [0, 0.1) is 0 Å². The summed E-state index contributed by atoms with van der Waals surface area (Å²) in [6.07, 6.45) is 6.63. The second-order valence-corrected chi connectivity index (χ2v) is 6.43. The third kappa shape index (κ3) is 2.89. The average Bonchev–Trinajstić information content (AvgIpc) is 3.16. The first-order valence-corrected chi connectivity index (χ1v) is 7.84. The SMILES string of the molecule is CCN(C1CC1)C1(CN)CCCN(C(C)C)CC1. The molecule has 2 fully saturated rings. The Morgan fingerprint density at radius 1 is 1.28 bits per heavy atom. The Balaban J connectivity index is 2.06. The monoisotopic (exact) mass is 253 g/mol. The van der Waals surface area contributed by atoms with Gasteiger partial charge in [0.1, 0.15) is 0 Å². The van der Waals surface area contributed by atoms with Crippen LogP contribution in [0.25, 0.3) is 0 Å². The van der Waals surface area contributed by atoms with Crippen LogP contribution in [0.2, 0.25) is 0 Å². The maximum absolute atomic E-state index is 6.21. The molecule has 2 aliphatic rings. The zero-order valence-corrected chi connectivity index (χ0v) is 12.5. The molecule has 0 amide bonds. The largest absolute Gasteiger partial charge is 0.329 e. The van der Waals surface area contributed by atoms with Crippen molar-refractivity contribution in [2.45, 2.75) is 70.5 Å². The molecule has 18 heavy (non-hydrogen) atoms. The van der Waals surface area contributed by atoms with Gasteiger partial charge in [-0.05, 0) is 59.0 Å². The zero-order chi connectivity index (χ0) is 13.2. The van der Waals surface area contributed by atoms with Crippen molar-refractivity contribution in [2.75, 3.05) is 26.2 Å². The molecule has 1 saturated carbocycles. The molecule has 0 radical (unpaired) electrons. The minimum Gasteiger partial charge on any atom is -0.329 e. The van der Waals surface area contributed by atoms with Crippen LogP contribution < -0.4 is 5.73 Å². The summed E-state index contributed by atoms with van der Waals surface area (Å²) in [5.74, 6) is 0. The Bertz CT molecular complexity index is 262. The predicted octanol–water partition coefficient (Wildman–Crippen LogP) is 2.06. The molecular formula is C15H31N3. The van der Waals surface area contributed by atoms with E-state index in [0.29, 0.717) is 11.6 Å². The van der Waals surface area contributed by atoms with Crippen LogP contribution >= 0.6 is 0 Å². The second kappa shape index (κ2) is 5.89. The highest BCUT2D eigenvalue weighted by Crippen LogP contribution is 2.37. The van der Waals surface area contributed by atoms with Crippen molar-refractivity contribution < 1.29 is 0 Å². The molecule has 106 valence electrons. The molecule has 1 aliphatic heterocycles. The molecule has 3 heteroatoms. The molecule has 0 aromatic carbocycles. The van der Waals surface area contributed by atoms with Gasteiger partial charge < -0.3 is 10.6 Å². The fraction of sp³-hybridized carbons (Fsp3) is 1.00. The van der Waals surface area contributed by atoms with E-state index in [1.54, 1.807) is 0 Å². The van der Waals surface area contributed by atoms with Crippen molar-refractivity contribution in [1.29, 1.82) is 0 Å². The molecule has 1 aliphatic carbocycles. The van der Waals surface area contributed by atoms with E-state index in [-0.39, 0.29) is 0 Å². The Morgan fingerprint density at radius 2 is 2.00 bits per heavy atom. The smallest absolute Gasteiger partial charge is 0.0347 e. The summed E-state index contributed by atoms with van der Waals surface area (Å²) in [5.41, 5.74) is 6.50. The fourth-order valence-electron chi connectivity index (χ4n) is 3.69. The molecule has 1 saturated heterocycles. The van der Waals surface area contributed by atoms with Crippen molar-refractivity contribution in [3.05, 3.63) is 0 Å². The standard InChI is InChI=1S/C15H31N3/c1-4-18(14-6-7-14)15(12-16)8-5-10-17(11-9-15)13(2)3/h13-14H,4-12,16H2,1-3H3. The molecule has 0 aromatic rings. The van der Waals surface area contributed by atoms with Crippen molar-refractivity contribution in [2.24, 2.45) is 5.73 Å². The predicted molar refractivity (Wildman–Crippen MR) is 77.7 cm³/mol. The molecule has 2 rings (SSSR count). The summed E-state index contributed by atoms with van der Waals surface area (Å²) in [5, 5.41) is 0. The van der Waals surface area contributed by atoms with Gasteiger partial charge in [-0.3, -0.25) is 4.90 Å². The Hall–Kier alpha value is -0.120. The van der Waals surface area contributed by atoms with E-state index in [4.69, 9.17) is 5.73 Å². The molecule has 1 heterocycles. The lowest BCUT2D eigenvalue weighted by atomic mass is 9.88. The number of nitrogens with two attached hydrogens (primary N) is 1. The molecular weight excluding hydrogens is 222 g/mol. The fourth-order valence-corrected chi connectivity index (χ4v) is 3.69. The number of hydrogen-bond donors (Lipinski definition) is 1. The van der Waals surface area contributed by atoms with Gasteiger partial charge in [0.25, 0.3) is 0 Å². The van der Waals surface area contributed by atoms with E-state index in [1.165, 1.54) is 51.7 Å². The molecule has 0 aromatic heterocycles. The average molecular weight is 253 g/mol. The first-order valence-electron chi connectivity index (χ1n) is 7.84. The minimum atomic E-state index is 0.291. The molecule has 0 spiro atoms. The van der Waals surface area contributed by atoms with E-state index in [2.05, 4.69) is 30.6 Å². The van der Waals surface area contributed by atoms with Gasteiger partial charge >= 0.3 is 0 Å². The lowest BCUT2D eigenvalue weighted by Gasteiger charge is -2.43. The lowest BCUT2D eigenvalue weighted by Crippen LogP contribution is -2.55. The van der Waals surface area contributed by atoms with Gasteiger partial charge in [0.15, 0.2) is 0 Å². The van der Waals surface area contributed by atoms with Crippen LogP contribution in [0.15, 0.2) is 0 Å². The van der Waals surface area contributed by atoms with Gasteiger partial charge in [-0.2, -0.15) is 0 Å². The summed E-state index contributed by atoms with van der Waals surface area (Å²) in [6.45, 7) is 11.4. The van der Waals surface area contributed by atoms with Gasteiger partial charge in [0.05, 0.1) is 0 Å². The molecule has 0 bridgehead atoms. The molecule has 1 unspecified atom stereocenters. The minimum absolute atomic E-state index is 0.291. The van der Waals surface area contributed by atoms with Crippen LogP contribution in [0.1, 0.15) is 52.9 Å². The Labute approximate surface area is 113 Å². The van der Waals surface area contributed by atoms with E-state index in [9.17, 15) is 0 Å². The summed E-state index contributed by atoms with van der Waals surface area (Å²) in [6, 6.07) is 1.51. The van der Waals surface area contributed by atoms with Crippen LogP contribution in [0.5, 0.6) is 0 Å². The summed E-state index contributed by atoms with van der Waals surface area (Å²) < 4.78 is 0. The maximum Gasteiger partial charge on any atom is 0.0347 e. The van der Waals surface area contributed by atoms with E-state index in [0.717, 1.165) is 12.6 Å². The van der Waals surface area contributed by atoms with Crippen molar-refractivity contribution in [1.82, 2.24) is 9.80 Å². The number of likely N-dealkylation sites (N-methyl/N-ethyl adjacent to an activating group) is 1. The van der Waals surface area contributed by atoms with Crippen molar-refractivity contribution in [3.8, 4) is 0 Å². The van der Waals surface area contributed by atoms with Gasteiger partial charge in [-0.1, -0.05) is 6.92 Å². The molecule has 1 atom stereocenters. The topological polar surface area (TPSA) is 32.5 Å². The van der Waals surface area contributed by atoms with Crippen LogP contribution in [0.4, 0.5) is 0 Å². The van der Waals surface area contributed by atoms with Gasteiger partial charge in [0, 0.05) is 30.7 Å². The summed E-state index contributed by atoms with van der Waals surface area (Å²) in [7, 11) is 0. The Morgan fingerprint density at radius 3 is 2.50 bits per heavy atom. The van der Waals surface area contributed by atoms with Crippen molar-refractivity contribution >= 4 is 0 Å². The van der Waals surface area contributed by atoms with Gasteiger partial charge in [0.2, 0.25) is 0 Å². The molecule has 2 N–H and O–H groups in total. The first kappa shape index (κ1) is 14.3. The maximum atomic E-state index is 6.21. The second-order valence-electron chi connectivity index (χ2n) is 6.43. The van der Waals surface area contributed by atoms with E-state index < -0.39 is 0 Å². The number of nitrogens with zero attached hydrogens (tertiary/aromatic N) is 2. The molecule has 3 nitrogen and oxygen atoms in total.